The minimum atomic E-state index is 0.376. The first-order chi connectivity index (χ1) is 9.13. The molecule has 0 aliphatic heterocycles. The minimum absolute atomic E-state index is 0.376. The van der Waals surface area contributed by atoms with Crippen molar-refractivity contribution in [3.8, 4) is 0 Å². The van der Waals surface area contributed by atoms with Crippen LogP contribution in [0.3, 0.4) is 0 Å². The molecule has 0 aliphatic carbocycles. The molecule has 0 saturated carbocycles. The van der Waals surface area contributed by atoms with Crippen LogP contribution < -0.4 is 0 Å². The van der Waals surface area contributed by atoms with E-state index in [4.69, 9.17) is 27.6 Å². The molecule has 2 aromatic heterocycles. The molecule has 3 rings (SSSR count). The third kappa shape index (κ3) is 2.56. The number of hydrogen-bond acceptors (Lipinski definition) is 4. The fourth-order valence-electron chi connectivity index (χ4n) is 1.73. The van der Waals surface area contributed by atoms with Crippen molar-refractivity contribution in [3.05, 3.63) is 46.1 Å². The van der Waals surface area contributed by atoms with Crippen LogP contribution in [0.2, 0.25) is 10.2 Å². The van der Waals surface area contributed by atoms with Gasteiger partial charge in [0, 0.05) is 23.1 Å². The average molecular weight is 312 g/mol. The van der Waals surface area contributed by atoms with Crippen molar-refractivity contribution in [1.82, 2.24) is 10.2 Å². The highest BCUT2D eigenvalue weighted by Crippen LogP contribution is 2.36. The van der Waals surface area contributed by atoms with Gasteiger partial charge >= 0.3 is 0 Å². The summed E-state index contributed by atoms with van der Waals surface area (Å²) in [6, 6.07) is 9.21. The molecule has 0 amide bonds. The van der Waals surface area contributed by atoms with E-state index in [1.165, 1.54) is 11.8 Å². The summed E-state index contributed by atoms with van der Waals surface area (Å²) >= 11 is 12.3. The van der Waals surface area contributed by atoms with E-state index in [1.807, 2.05) is 31.2 Å². The van der Waals surface area contributed by atoms with Crippen LogP contribution in [0.15, 0.2) is 44.9 Å². The van der Waals surface area contributed by atoms with E-state index in [-0.39, 0.29) is 0 Å². The van der Waals surface area contributed by atoms with Crippen LogP contribution in [0.5, 0.6) is 0 Å². The highest BCUT2D eigenvalue weighted by Gasteiger charge is 2.14. The Labute approximate surface area is 123 Å². The van der Waals surface area contributed by atoms with E-state index in [0.29, 0.717) is 5.15 Å². The Morgan fingerprint density at radius 1 is 1.21 bits per heavy atom. The summed E-state index contributed by atoms with van der Waals surface area (Å²) in [6.07, 6.45) is 0. The van der Waals surface area contributed by atoms with E-state index in [0.717, 1.165) is 31.7 Å². The second kappa shape index (κ2) is 5.04. The van der Waals surface area contributed by atoms with Crippen LogP contribution in [-0.2, 0) is 0 Å². The van der Waals surface area contributed by atoms with E-state index >= 15 is 0 Å². The standard InChI is InChI=1S/C13H9Cl2N2OS/c1-7-9-6-8(14)2-3-10(9)18-13(7)19-12-5-4-11(15)16-17-12/h2-6,14H,1H3/q+1. The molecule has 6 heteroatoms. The maximum atomic E-state index is 5.80. The van der Waals surface area contributed by atoms with E-state index < -0.39 is 0 Å². The molecule has 0 aliphatic rings. The lowest BCUT2D eigenvalue weighted by Gasteiger charge is -1.97. The molecule has 3 aromatic rings. The molecule has 0 fully saturated rings. The first-order valence-corrected chi connectivity index (χ1v) is 7.11. The number of hydrogen-bond donors (Lipinski definition) is 0. The van der Waals surface area contributed by atoms with Crippen LogP contribution in [0.25, 0.3) is 11.0 Å². The Morgan fingerprint density at radius 2 is 2.05 bits per heavy atom. The molecule has 1 aromatic carbocycles. The lowest BCUT2D eigenvalue weighted by molar-refractivity contribution is -0.288. The molecule has 0 N–H and O–H groups in total. The Morgan fingerprint density at radius 3 is 2.79 bits per heavy atom. The highest BCUT2D eigenvalue weighted by atomic mass is 35.5. The van der Waals surface area contributed by atoms with Crippen molar-refractivity contribution in [2.24, 2.45) is 0 Å². The second-order valence-electron chi connectivity index (χ2n) is 3.97. The van der Waals surface area contributed by atoms with Crippen LogP contribution in [0.4, 0.5) is 0 Å². The number of rotatable bonds is 2. The van der Waals surface area contributed by atoms with Gasteiger partial charge in [-0.25, -0.2) is 0 Å². The van der Waals surface area contributed by atoms with Gasteiger partial charge in [-0.05, 0) is 36.9 Å². The predicted molar refractivity (Wildman–Crippen MR) is 72.7 cm³/mol. The Bertz CT molecular complexity index is 740. The van der Waals surface area contributed by atoms with E-state index in [2.05, 4.69) is 10.2 Å². The third-order valence-corrected chi connectivity index (χ3v) is 4.13. The summed E-state index contributed by atoms with van der Waals surface area (Å²) in [5.41, 5.74) is 1.89. The van der Waals surface area contributed by atoms with Gasteiger partial charge < -0.3 is 4.42 Å². The first-order valence-electron chi connectivity index (χ1n) is 5.51. The molecular formula is C13H9Cl2N2OS+. The van der Waals surface area contributed by atoms with Crippen molar-refractivity contribution < 1.29 is 16.0 Å². The highest BCUT2D eigenvalue weighted by molar-refractivity contribution is 7.99. The van der Waals surface area contributed by atoms with Crippen LogP contribution >= 0.6 is 23.4 Å². The van der Waals surface area contributed by atoms with Crippen molar-refractivity contribution in [1.29, 1.82) is 0 Å². The predicted octanol–water partition coefficient (Wildman–Crippen LogP) is 4.03. The van der Waals surface area contributed by atoms with Gasteiger partial charge in [0.15, 0.2) is 21.8 Å². The fourth-order valence-corrected chi connectivity index (χ4v) is 2.82. The molecule has 96 valence electrons. The SMILES string of the molecule is Cc1c(Sc2ccc(Cl)nn2)oc2ccc([ClH+])cc12. The van der Waals surface area contributed by atoms with Crippen LogP contribution in [0, 0.1) is 18.5 Å². The lowest BCUT2D eigenvalue weighted by atomic mass is 10.2. The number of benzene rings is 1. The number of halogens is 2. The summed E-state index contributed by atoms with van der Waals surface area (Å²) in [4.78, 5) is 0. The normalized spacial score (nSPS) is 11.1. The number of furan rings is 1. The molecule has 0 radical (unpaired) electrons. The largest absolute Gasteiger partial charge is 0.449 e. The smallest absolute Gasteiger partial charge is 0.226 e. The number of fused-ring (bicyclic) bond motifs is 1. The van der Waals surface area contributed by atoms with Crippen molar-refractivity contribution in [2.45, 2.75) is 17.0 Å². The quantitative estimate of drug-likeness (QED) is 0.716. The van der Waals surface area contributed by atoms with Crippen LogP contribution in [0.1, 0.15) is 5.56 Å². The summed E-state index contributed by atoms with van der Waals surface area (Å²) in [5.74, 6) is 0. The molecule has 0 spiro atoms. The van der Waals surface area contributed by atoms with Gasteiger partial charge in [0.05, 0.1) is 0 Å². The lowest BCUT2D eigenvalue weighted by Crippen LogP contribution is -1.84. The monoisotopic (exact) mass is 311 g/mol. The first kappa shape index (κ1) is 12.8. The number of aryl methyl sites for hydroxylation is 1. The zero-order valence-corrected chi connectivity index (χ0v) is 12.3. The van der Waals surface area contributed by atoms with Gasteiger partial charge in [-0.15, -0.1) is 10.2 Å². The molecule has 0 saturated heterocycles. The maximum Gasteiger partial charge on any atom is 0.226 e. The van der Waals surface area contributed by atoms with Gasteiger partial charge in [-0.2, -0.15) is 0 Å². The van der Waals surface area contributed by atoms with Gasteiger partial charge in [0.25, 0.3) is 0 Å². The maximum absolute atomic E-state index is 5.80. The molecule has 2 heterocycles. The molecule has 0 atom stereocenters. The number of aromatic nitrogens is 2. The zero-order valence-electron chi connectivity index (χ0n) is 9.88. The Hall–Kier alpha value is -1.23. The molecule has 0 bridgehead atoms. The molecule has 19 heavy (non-hydrogen) atoms. The van der Waals surface area contributed by atoms with Crippen molar-refractivity contribution >= 4 is 34.3 Å². The van der Waals surface area contributed by atoms with E-state index in [9.17, 15) is 0 Å². The van der Waals surface area contributed by atoms with Gasteiger partial charge in [-0.3, -0.25) is 0 Å². The summed E-state index contributed by atoms with van der Waals surface area (Å²) in [5, 5.41) is 11.6. The Balaban J connectivity index is 2.01. The second-order valence-corrected chi connectivity index (χ2v) is 5.82. The van der Waals surface area contributed by atoms with Gasteiger partial charge in [0.2, 0.25) is 5.02 Å². The van der Waals surface area contributed by atoms with Gasteiger partial charge in [-0.1, -0.05) is 11.6 Å². The zero-order chi connectivity index (χ0) is 13.4. The molecule has 3 nitrogen and oxygen atoms in total. The van der Waals surface area contributed by atoms with Gasteiger partial charge in [0.1, 0.15) is 10.6 Å². The molecule has 0 unspecified atom stereocenters. The average Bonchev–Trinajstić information content (AvgIpc) is 2.70. The van der Waals surface area contributed by atoms with Crippen molar-refractivity contribution in [2.75, 3.05) is 0 Å². The summed E-state index contributed by atoms with van der Waals surface area (Å²) in [7, 11) is 0. The Kier molecular flexibility index (Phi) is 3.39. The molecular weight excluding hydrogens is 303 g/mol. The fraction of sp³-hybridized carbons (Fsp3) is 0.0769. The summed E-state index contributed by atoms with van der Waals surface area (Å²) in [6.45, 7) is 2.01. The van der Waals surface area contributed by atoms with Crippen molar-refractivity contribution in [3.63, 3.8) is 0 Å². The van der Waals surface area contributed by atoms with Crippen LogP contribution in [-0.4, -0.2) is 10.2 Å². The number of nitrogens with zero attached hydrogens (tertiary/aromatic N) is 2. The van der Waals surface area contributed by atoms with E-state index in [1.54, 1.807) is 6.07 Å². The summed E-state index contributed by atoms with van der Waals surface area (Å²) < 4.78 is 5.80. The third-order valence-electron chi connectivity index (χ3n) is 2.67. The minimum Gasteiger partial charge on any atom is -0.449 e. The topological polar surface area (TPSA) is 38.9 Å².